The van der Waals surface area contributed by atoms with E-state index in [0.717, 1.165) is 12.1 Å². The van der Waals surface area contributed by atoms with Gasteiger partial charge < -0.3 is 10.6 Å². The number of fused-ring (bicyclic) bond motifs is 3. The first-order valence-electron chi connectivity index (χ1n) is 9.08. The third-order valence-corrected chi connectivity index (χ3v) is 5.37. The van der Waals surface area contributed by atoms with E-state index < -0.39 is 0 Å². The van der Waals surface area contributed by atoms with Crippen LogP contribution in [-0.4, -0.2) is 13.1 Å². The molecule has 1 heterocycles. The summed E-state index contributed by atoms with van der Waals surface area (Å²) in [6, 6.07) is 13.6. The standard InChI is InChI=1S/C21H26N2/c22-18-8-10-20-16(14-18)6-2-3-7-17-15-19(9-11-21(17)20)23-12-4-1-5-13-23/h8-11,14-15H,1-7,12-13,22H2. The number of benzene rings is 2. The number of nitrogens with two attached hydrogens (primary N) is 1. The normalized spacial score (nSPS) is 17.8. The first kappa shape index (κ1) is 14.6. The average molecular weight is 306 g/mol. The van der Waals surface area contributed by atoms with Crippen LogP contribution in [0.25, 0.3) is 11.1 Å². The van der Waals surface area contributed by atoms with Crippen molar-refractivity contribution in [2.45, 2.75) is 44.9 Å². The van der Waals surface area contributed by atoms with Crippen LogP contribution in [0.2, 0.25) is 0 Å². The molecule has 1 aliphatic heterocycles. The molecule has 2 aromatic carbocycles. The number of nitrogens with zero attached hydrogens (tertiary/aromatic N) is 1. The summed E-state index contributed by atoms with van der Waals surface area (Å²) in [6.07, 6.45) is 8.91. The van der Waals surface area contributed by atoms with E-state index in [-0.39, 0.29) is 0 Å². The fraction of sp³-hybridized carbons (Fsp3) is 0.429. The Hall–Kier alpha value is -1.96. The second kappa shape index (κ2) is 6.27. The summed E-state index contributed by atoms with van der Waals surface area (Å²) >= 11 is 0. The molecule has 23 heavy (non-hydrogen) atoms. The molecular formula is C21H26N2. The summed E-state index contributed by atoms with van der Waals surface area (Å²) in [5.74, 6) is 0. The molecule has 1 saturated heterocycles. The predicted octanol–water partition coefficient (Wildman–Crippen LogP) is 4.80. The lowest BCUT2D eigenvalue weighted by atomic mass is 9.87. The van der Waals surface area contributed by atoms with Crippen LogP contribution in [-0.2, 0) is 12.8 Å². The Morgan fingerprint density at radius 2 is 1.35 bits per heavy atom. The summed E-state index contributed by atoms with van der Waals surface area (Å²) in [7, 11) is 0. The highest BCUT2D eigenvalue weighted by Gasteiger charge is 2.16. The number of rotatable bonds is 1. The quantitative estimate of drug-likeness (QED) is 0.766. The second-order valence-electron chi connectivity index (χ2n) is 7.01. The van der Waals surface area contributed by atoms with Crippen LogP contribution in [0.5, 0.6) is 0 Å². The van der Waals surface area contributed by atoms with E-state index in [1.54, 1.807) is 0 Å². The van der Waals surface area contributed by atoms with Crippen molar-refractivity contribution in [3.63, 3.8) is 0 Å². The van der Waals surface area contributed by atoms with Crippen molar-refractivity contribution < 1.29 is 0 Å². The van der Waals surface area contributed by atoms with Crippen molar-refractivity contribution in [3.05, 3.63) is 47.5 Å². The van der Waals surface area contributed by atoms with Crippen molar-refractivity contribution in [1.29, 1.82) is 0 Å². The highest BCUT2D eigenvalue weighted by atomic mass is 15.1. The molecule has 120 valence electrons. The molecule has 0 radical (unpaired) electrons. The summed E-state index contributed by atoms with van der Waals surface area (Å²) in [5.41, 5.74) is 14.0. The molecule has 2 aliphatic rings. The molecule has 2 N–H and O–H groups in total. The molecule has 4 rings (SSSR count). The van der Waals surface area contributed by atoms with Crippen LogP contribution in [0.4, 0.5) is 11.4 Å². The fourth-order valence-corrected chi connectivity index (χ4v) is 4.11. The van der Waals surface area contributed by atoms with Gasteiger partial charge >= 0.3 is 0 Å². The minimum atomic E-state index is 0.885. The fourth-order valence-electron chi connectivity index (χ4n) is 4.11. The number of nitrogen functional groups attached to an aromatic ring is 1. The molecule has 0 atom stereocenters. The summed E-state index contributed by atoms with van der Waals surface area (Å²) in [5, 5.41) is 0. The van der Waals surface area contributed by atoms with Gasteiger partial charge in [0.15, 0.2) is 0 Å². The molecule has 2 aromatic rings. The number of anilines is 2. The Bertz CT molecular complexity index is 699. The third-order valence-electron chi connectivity index (χ3n) is 5.37. The van der Waals surface area contributed by atoms with Crippen molar-refractivity contribution in [2.24, 2.45) is 0 Å². The summed E-state index contributed by atoms with van der Waals surface area (Å²) in [4.78, 5) is 2.56. The van der Waals surface area contributed by atoms with Crippen LogP contribution >= 0.6 is 0 Å². The van der Waals surface area contributed by atoms with Crippen LogP contribution in [0.15, 0.2) is 36.4 Å². The van der Waals surface area contributed by atoms with Gasteiger partial charge in [-0.2, -0.15) is 0 Å². The molecule has 0 amide bonds. The monoisotopic (exact) mass is 306 g/mol. The Morgan fingerprint density at radius 1 is 0.696 bits per heavy atom. The zero-order valence-electron chi connectivity index (χ0n) is 13.9. The second-order valence-corrected chi connectivity index (χ2v) is 7.01. The Kier molecular flexibility index (Phi) is 3.99. The lowest BCUT2D eigenvalue weighted by molar-refractivity contribution is 0.577. The molecule has 0 unspecified atom stereocenters. The maximum atomic E-state index is 6.01. The van der Waals surface area contributed by atoms with E-state index in [9.17, 15) is 0 Å². The predicted molar refractivity (Wildman–Crippen MR) is 99.0 cm³/mol. The van der Waals surface area contributed by atoms with Crippen molar-refractivity contribution in [1.82, 2.24) is 0 Å². The van der Waals surface area contributed by atoms with Crippen LogP contribution in [0, 0.1) is 0 Å². The van der Waals surface area contributed by atoms with E-state index in [4.69, 9.17) is 5.73 Å². The van der Waals surface area contributed by atoms with Gasteiger partial charge in [0.1, 0.15) is 0 Å². The summed E-state index contributed by atoms with van der Waals surface area (Å²) < 4.78 is 0. The zero-order valence-corrected chi connectivity index (χ0v) is 13.9. The van der Waals surface area contributed by atoms with E-state index in [2.05, 4.69) is 35.2 Å². The molecule has 0 saturated carbocycles. The molecule has 0 aromatic heterocycles. The SMILES string of the molecule is Nc1ccc2c(c1)CCCCc1cc(N3CCCCC3)ccc1-2. The maximum absolute atomic E-state index is 6.01. The number of hydrogen-bond acceptors (Lipinski definition) is 2. The van der Waals surface area contributed by atoms with E-state index in [1.807, 2.05) is 6.07 Å². The van der Waals surface area contributed by atoms with E-state index >= 15 is 0 Å². The Balaban J connectivity index is 1.75. The maximum Gasteiger partial charge on any atom is 0.0369 e. The highest BCUT2D eigenvalue weighted by Crippen LogP contribution is 2.35. The van der Waals surface area contributed by atoms with Crippen LogP contribution in [0.3, 0.4) is 0 Å². The number of piperidine rings is 1. The third kappa shape index (κ3) is 2.95. The smallest absolute Gasteiger partial charge is 0.0369 e. The van der Waals surface area contributed by atoms with Crippen LogP contribution < -0.4 is 10.6 Å². The van der Waals surface area contributed by atoms with Gasteiger partial charge in [-0.05, 0) is 91.5 Å². The molecular weight excluding hydrogens is 280 g/mol. The highest BCUT2D eigenvalue weighted by molar-refractivity contribution is 5.75. The lowest BCUT2D eigenvalue weighted by Crippen LogP contribution is -2.29. The average Bonchev–Trinajstić information content (AvgIpc) is 2.58. The first-order valence-corrected chi connectivity index (χ1v) is 9.08. The van der Waals surface area contributed by atoms with Crippen molar-refractivity contribution >= 4 is 11.4 Å². The van der Waals surface area contributed by atoms with Gasteiger partial charge in [-0.3, -0.25) is 0 Å². The first-order chi connectivity index (χ1) is 11.3. The molecule has 0 spiro atoms. The largest absolute Gasteiger partial charge is 0.399 e. The van der Waals surface area contributed by atoms with Gasteiger partial charge in [0.25, 0.3) is 0 Å². The topological polar surface area (TPSA) is 29.3 Å². The van der Waals surface area contributed by atoms with Gasteiger partial charge in [-0.25, -0.2) is 0 Å². The minimum Gasteiger partial charge on any atom is -0.399 e. The number of hydrogen-bond donors (Lipinski definition) is 1. The molecule has 1 fully saturated rings. The lowest BCUT2D eigenvalue weighted by Gasteiger charge is -2.30. The van der Waals surface area contributed by atoms with Crippen molar-refractivity contribution in [3.8, 4) is 11.1 Å². The van der Waals surface area contributed by atoms with Crippen LogP contribution in [0.1, 0.15) is 43.2 Å². The molecule has 2 heteroatoms. The Morgan fingerprint density at radius 3 is 2.09 bits per heavy atom. The van der Waals surface area contributed by atoms with Gasteiger partial charge in [-0.1, -0.05) is 12.1 Å². The van der Waals surface area contributed by atoms with Gasteiger partial charge in [-0.15, -0.1) is 0 Å². The minimum absolute atomic E-state index is 0.885. The van der Waals surface area contributed by atoms with E-state index in [1.165, 1.54) is 79.6 Å². The zero-order chi connectivity index (χ0) is 15.6. The van der Waals surface area contributed by atoms with Gasteiger partial charge in [0, 0.05) is 24.5 Å². The molecule has 2 nitrogen and oxygen atoms in total. The van der Waals surface area contributed by atoms with Gasteiger partial charge in [0.2, 0.25) is 0 Å². The van der Waals surface area contributed by atoms with Gasteiger partial charge in [0.05, 0.1) is 0 Å². The van der Waals surface area contributed by atoms with Crippen molar-refractivity contribution in [2.75, 3.05) is 23.7 Å². The van der Waals surface area contributed by atoms with E-state index in [0.29, 0.717) is 0 Å². The Labute approximate surface area is 139 Å². The number of aryl methyl sites for hydroxylation is 2. The molecule has 1 aliphatic carbocycles. The summed E-state index contributed by atoms with van der Waals surface area (Å²) in [6.45, 7) is 2.43. The molecule has 0 bridgehead atoms.